The number of amides is 1. The highest BCUT2D eigenvalue weighted by atomic mass is 28.4. The Morgan fingerprint density at radius 1 is 0.980 bits per heavy atom. The van der Waals surface area contributed by atoms with Crippen LogP contribution in [0.3, 0.4) is 0 Å². The second-order valence-corrected chi connectivity index (χ2v) is 17.4. The molecule has 3 heterocycles. The molecular weight excluding hydrogens is 651 g/mol. The van der Waals surface area contributed by atoms with E-state index >= 15 is 0 Å². The zero-order valence-corrected chi connectivity index (χ0v) is 30.6. The van der Waals surface area contributed by atoms with Gasteiger partial charge in [-0.1, -0.05) is 94.8 Å². The minimum absolute atomic E-state index is 0.0258. The number of anilines is 2. The van der Waals surface area contributed by atoms with Gasteiger partial charge in [0.1, 0.15) is 22.5 Å². The van der Waals surface area contributed by atoms with Gasteiger partial charge in [0.05, 0.1) is 33.6 Å². The van der Waals surface area contributed by atoms with Crippen LogP contribution < -0.4 is 25.7 Å². The first-order valence-corrected chi connectivity index (χ1v) is 18.8. The van der Waals surface area contributed by atoms with Crippen LogP contribution in [0.15, 0.2) is 79.1 Å². The third-order valence-electron chi connectivity index (χ3n) is 8.76. The molecule has 50 heavy (non-hydrogen) atoms. The average Bonchev–Trinajstić information content (AvgIpc) is 3.53. The second kappa shape index (κ2) is 16.2. The van der Waals surface area contributed by atoms with Crippen molar-refractivity contribution >= 4 is 47.6 Å². The predicted octanol–water partition coefficient (Wildman–Crippen LogP) is 5.50. The highest BCUT2D eigenvalue weighted by Crippen LogP contribution is 2.37. The van der Waals surface area contributed by atoms with Gasteiger partial charge in [0.2, 0.25) is 5.95 Å². The van der Waals surface area contributed by atoms with E-state index in [1.165, 1.54) is 17.5 Å². The topological polar surface area (TPSA) is 146 Å². The Labute approximate surface area is 294 Å². The average molecular weight is 698 g/mol. The molecule has 5 aromatic rings. The molecule has 3 aromatic heterocycles. The van der Waals surface area contributed by atoms with Crippen LogP contribution in [0.2, 0.25) is 5.04 Å². The van der Waals surface area contributed by atoms with Crippen molar-refractivity contribution in [3.63, 3.8) is 0 Å². The van der Waals surface area contributed by atoms with Crippen molar-refractivity contribution in [2.24, 2.45) is 0 Å². The summed E-state index contributed by atoms with van der Waals surface area (Å²) in [7, 11) is 0.124. The normalized spacial score (nSPS) is 12.5. The van der Waals surface area contributed by atoms with Crippen LogP contribution in [0.5, 0.6) is 5.75 Å². The molecule has 0 radical (unpaired) electrons. The fourth-order valence-corrected chi connectivity index (χ4v) is 11.0. The van der Waals surface area contributed by atoms with Crippen LogP contribution in [0.25, 0.3) is 11.0 Å². The summed E-state index contributed by atoms with van der Waals surface area (Å²) in [4.78, 5) is 26.0. The van der Waals surface area contributed by atoms with Gasteiger partial charge >= 0.3 is 6.09 Å². The molecule has 0 spiro atoms. The molecule has 13 heteroatoms. The van der Waals surface area contributed by atoms with E-state index in [1.54, 1.807) is 30.3 Å². The Bertz CT molecular complexity index is 1830. The molecule has 0 saturated heterocycles. The number of aliphatic hydroxyl groups is 1. The molecule has 1 amide bonds. The maximum atomic E-state index is 12.2. The van der Waals surface area contributed by atoms with E-state index in [-0.39, 0.29) is 30.2 Å². The molecule has 2 aromatic carbocycles. The lowest BCUT2D eigenvalue weighted by Crippen LogP contribution is -2.66. The predicted molar refractivity (Wildman–Crippen MR) is 198 cm³/mol. The molecule has 0 aliphatic heterocycles. The number of ether oxygens (including phenoxy) is 2. The number of carbonyl (C=O) groups excluding carboxylic acids is 1. The highest BCUT2D eigenvalue weighted by Gasteiger charge is 2.50. The molecule has 3 N–H and O–H groups in total. The van der Waals surface area contributed by atoms with E-state index in [4.69, 9.17) is 18.9 Å². The Kier molecular flexibility index (Phi) is 11.8. The first-order valence-electron chi connectivity index (χ1n) is 16.9. The number of methoxy groups -OCH3 is 2. The summed E-state index contributed by atoms with van der Waals surface area (Å²) in [5.74, 6) is 1.13. The van der Waals surface area contributed by atoms with Crippen molar-refractivity contribution in [2.75, 3.05) is 31.5 Å². The fourth-order valence-electron chi connectivity index (χ4n) is 6.40. The first kappa shape index (κ1) is 36.4. The summed E-state index contributed by atoms with van der Waals surface area (Å²) in [6.07, 6.45) is 5.04. The van der Waals surface area contributed by atoms with Gasteiger partial charge in [-0.05, 0) is 39.9 Å². The van der Waals surface area contributed by atoms with Crippen molar-refractivity contribution in [1.82, 2.24) is 24.7 Å². The molecule has 0 fully saturated rings. The summed E-state index contributed by atoms with van der Waals surface area (Å²) < 4.78 is 19.4. The standard InChI is InChI=1S/C37H47N7O5Si/c1-7-14-27(19-20-49-50(37(2,3)4,28-15-10-8-11-16-28)29-17-12-9-13-18-29)40-34-33-30(41-35(42-34)43-36(46)48-6)23-39-44(33)24-31-32(47-5)21-26(25-45)22-38-31/h8-13,15-18,21-23,27,45H,7,14,19-20,24-25H2,1-6H3,(H2,40,41,42,43,46)/t27-/m0/s1. The molecular formula is C37H47N7O5Si. The summed E-state index contributed by atoms with van der Waals surface area (Å²) in [5.41, 5.74) is 2.44. The van der Waals surface area contributed by atoms with Gasteiger partial charge in [0, 0.05) is 18.8 Å². The number of fused-ring (bicyclic) bond motifs is 1. The summed E-state index contributed by atoms with van der Waals surface area (Å²) in [6, 6.07) is 23.0. The number of carbonyl (C=O) groups is 1. The zero-order valence-electron chi connectivity index (χ0n) is 29.6. The lowest BCUT2D eigenvalue weighted by molar-refractivity contribution is 0.186. The molecule has 12 nitrogen and oxygen atoms in total. The number of nitrogens with zero attached hydrogens (tertiary/aromatic N) is 5. The summed E-state index contributed by atoms with van der Waals surface area (Å²) in [5, 5.41) is 22.8. The van der Waals surface area contributed by atoms with Gasteiger partial charge in [-0.3, -0.25) is 15.0 Å². The minimum Gasteiger partial charge on any atom is -0.495 e. The number of hydrogen-bond acceptors (Lipinski definition) is 10. The number of hydrogen-bond donors (Lipinski definition) is 3. The number of benzene rings is 2. The maximum Gasteiger partial charge on any atom is 0.413 e. The first-order chi connectivity index (χ1) is 24.1. The van der Waals surface area contributed by atoms with Crippen LogP contribution in [-0.4, -0.2) is 71.1 Å². The third-order valence-corrected chi connectivity index (χ3v) is 13.8. The largest absolute Gasteiger partial charge is 0.495 e. The Morgan fingerprint density at radius 2 is 1.66 bits per heavy atom. The van der Waals surface area contributed by atoms with Crippen LogP contribution in [-0.2, 0) is 22.3 Å². The van der Waals surface area contributed by atoms with E-state index in [1.807, 2.05) is 12.1 Å². The number of nitrogens with one attached hydrogen (secondary N) is 2. The number of pyridine rings is 1. The van der Waals surface area contributed by atoms with Gasteiger partial charge in [-0.15, -0.1) is 0 Å². The molecule has 5 rings (SSSR count). The van der Waals surface area contributed by atoms with Gasteiger partial charge in [0.25, 0.3) is 8.32 Å². The van der Waals surface area contributed by atoms with E-state index in [9.17, 15) is 9.90 Å². The second-order valence-electron chi connectivity index (χ2n) is 13.1. The maximum absolute atomic E-state index is 12.2. The Balaban J connectivity index is 1.49. The van der Waals surface area contributed by atoms with Gasteiger partial charge in [0.15, 0.2) is 5.82 Å². The van der Waals surface area contributed by atoms with Crippen molar-refractivity contribution in [3.8, 4) is 5.75 Å². The molecule has 264 valence electrons. The third kappa shape index (κ3) is 7.96. The molecule has 0 saturated carbocycles. The molecule has 0 aliphatic carbocycles. The van der Waals surface area contributed by atoms with E-state index in [0.717, 1.165) is 12.8 Å². The molecule has 0 bridgehead atoms. The number of aromatic nitrogens is 5. The highest BCUT2D eigenvalue weighted by molar-refractivity contribution is 6.99. The number of rotatable bonds is 15. The van der Waals surface area contributed by atoms with Crippen LogP contribution in [0, 0.1) is 0 Å². The smallest absolute Gasteiger partial charge is 0.413 e. The van der Waals surface area contributed by atoms with E-state index in [2.05, 4.69) is 102 Å². The van der Waals surface area contributed by atoms with Crippen molar-refractivity contribution in [1.29, 1.82) is 0 Å². The van der Waals surface area contributed by atoms with Crippen molar-refractivity contribution in [2.45, 2.75) is 71.2 Å². The monoisotopic (exact) mass is 697 g/mol. The van der Waals surface area contributed by atoms with Gasteiger partial charge in [-0.2, -0.15) is 10.1 Å². The molecule has 1 atom stereocenters. The van der Waals surface area contributed by atoms with Gasteiger partial charge in [-0.25, -0.2) is 9.78 Å². The zero-order chi connectivity index (χ0) is 35.7. The van der Waals surface area contributed by atoms with E-state index in [0.29, 0.717) is 46.9 Å². The SMILES string of the molecule is CCC[C@@H](CCO[Si](c1ccccc1)(c1ccccc1)C(C)(C)C)Nc1nc(NC(=O)OC)nc2cnn(Cc3ncc(CO)cc3OC)c12. The van der Waals surface area contributed by atoms with Crippen LogP contribution in [0.1, 0.15) is 58.2 Å². The quantitative estimate of drug-likeness (QED) is 0.120. The van der Waals surface area contributed by atoms with Crippen molar-refractivity contribution < 1.29 is 23.8 Å². The number of aliphatic hydroxyl groups excluding tert-OH is 1. The van der Waals surface area contributed by atoms with Crippen LogP contribution in [0.4, 0.5) is 16.6 Å². The summed E-state index contributed by atoms with van der Waals surface area (Å²) in [6.45, 7) is 9.60. The fraction of sp³-hybridized carbons (Fsp3) is 0.378. The summed E-state index contributed by atoms with van der Waals surface area (Å²) >= 11 is 0. The Hall–Kier alpha value is -4.85. The lowest BCUT2D eigenvalue weighted by atomic mass is 10.1. The minimum atomic E-state index is -2.73. The van der Waals surface area contributed by atoms with Crippen molar-refractivity contribution in [3.05, 3.63) is 90.4 Å². The molecule has 0 unspecified atom stereocenters. The van der Waals surface area contributed by atoms with E-state index < -0.39 is 14.4 Å². The Morgan fingerprint density at radius 3 is 2.24 bits per heavy atom. The molecule has 0 aliphatic rings. The van der Waals surface area contributed by atoms with Crippen LogP contribution >= 0.6 is 0 Å². The lowest BCUT2D eigenvalue weighted by Gasteiger charge is -2.43. The van der Waals surface area contributed by atoms with Gasteiger partial charge < -0.3 is 24.3 Å².